The van der Waals surface area contributed by atoms with E-state index in [2.05, 4.69) is 22.8 Å². The molecule has 0 atom stereocenters. The van der Waals surface area contributed by atoms with Crippen molar-refractivity contribution in [1.82, 2.24) is 9.78 Å². The van der Waals surface area contributed by atoms with Gasteiger partial charge in [0.05, 0.1) is 11.2 Å². The van der Waals surface area contributed by atoms with Crippen LogP contribution in [0, 0.1) is 0 Å². The van der Waals surface area contributed by atoms with E-state index in [1.807, 2.05) is 0 Å². The molecule has 3 heteroatoms. The largest absolute Gasteiger partial charge is 0.320 e. The molecular formula is C11H17N3. The van der Waals surface area contributed by atoms with Gasteiger partial charge in [0.2, 0.25) is 0 Å². The number of rotatable bonds is 3. The lowest BCUT2D eigenvalue weighted by atomic mass is 10.1. The molecule has 0 radical (unpaired) electrons. The lowest BCUT2D eigenvalue weighted by Crippen LogP contribution is -2.19. The van der Waals surface area contributed by atoms with E-state index < -0.39 is 0 Å². The maximum atomic E-state index is 6.15. The summed E-state index contributed by atoms with van der Waals surface area (Å²) in [6, 6.07) is 2.24. The van der Waals surface area contributed by atoms with Crippen LogP contribution in [0.1, 0.15) is 49.9 Å². The first-order valence-electron chi connectivity index (χ1n) is 5.60. The lowest BCUT2D eigenvalue weighted by molar-refractivity contribution is 0.592. The molecule has 3 nitrogen and oxygen atoms in total. The van der Waals surface area contributed by atoms with Gasteiger partial charge in [-0.1, -0.05) is 0 Å². The summed E-state index contributed by atoms with van der Waals surface area (Å²) in [7, 11) is 0. The molecule has 2 aliphatic carbocycles. The SMILES string of the molecule is CCn1nc(C2(N)CC2)cc1C1CC1. The molecular weight excluding hydrogens is 174 g/mol. The maximum Gasteiger partial charge on any atom is 0.0826 e. The molecule has 14 heavy (non-hydrogen) atoms. The first-order valence-corrected chi connectivity index (χ1v) is 5.60. The summed E-state index contributed by atoms with van der Waals surface area (Å²) in [5, 5.41) is 4.62. The van der Waals surface area contributed by atoms with Crippen LogP contribution < -0.4 is 5.73 Å². The molecule has 2 aliphatic rings. The van der Waals surface area contributed by atoms with Crippen molar-refractivity contribution >= 4 is 0 Å². The Bertz CT molecular complexity index is 359. The molecule has 1 heterocycles. The summed E-state index contributed by atoms with van der Waals surface area (Å²) < 4.78 is 2.14. The summed E-state index contributed by atoms with van der Waals surface area (Å²) in [4.78, 5) is 0. The van der Waals surface area contributed by atoms with Gasteiger partial charge in [0.25, 0.3) is 0 Å². The van der Waals surface area contributed by atoms with Gasteiger partial charge in [-0.25, -0.2) is 0 Å². The Morgan fingerprint density at radius 2 is 2.29 bits per heavy atom. The quantitative estimate of drug-likeness (QED) is 0.790. The van der Waals surface area contributed by atoms with Crippen molar-refractivity contribution in [3.8, 4) is 0 Å². The number of hydrogen-bond acceptors (Lipinski definition) is 2. The third kappa shape index (κ3) is 1.19. The fourth-order valence-corrected chi connectivity index (χ4v) is 2.03. The number of nitrogens with zero attached hydrogens (tertiary/aromatic N) is 2. The van der Waals surface area contributed by atoms with Crippen molar-refractivity contribution < 1.29 is 0 Å². The minimum Gasteiger partial charge on any atom is -0.320 e. The average Bonchev–Trinajstić information content (AvgIpc) is 3.09. The molecule has 0 spiro atoms. The molecule has 2 N–H and O–H groups in total. The third-order valence-corrected chi connectivity index (χ3v) is 3.41. The van der Waals surface area contributed by atoms with E-state index in [-0.39, 0.29) is 5.54 Å². The van der Waals surface area contributed by atoms with Crippen molar-refractivity contribution in [2.75, 3.05) is 0 Å². The maximum absolute atomic E-state index is 6.15. The topological polar surface area (TPSA) is 43.8 Å². The summed E-state index contributed by atoms with van der Waals surface area (Å²) >= 11 is 0. The monoisotopic (exact) mass is 191 g/mol. The lowest BCUT2D eigenvalue weighted by Gasteiger charge is -2.02. The van der Waals surface area contributed by atoms with Crippen LogP contribution in [-0.4, -0.2) is 9.78 Å². The zero-order chi connectivity index (χ0) is 9.76. The van der Waals surface area contributed by atoms with Crippen molar-refractivity contribution in [3.05, 3.63) is 17.5 Å². The summed E-state index contributed by atoms with van der Waals surface area (Å²) in [6.07, 6.45) is 4.89. The Labute approximate surface area is 84.3 Å². The minimum atomic E-state index is -0.0654. The summed E-state index contributed by atoms with van der Waals surface area (Å²) in [5.74, 6) is 0.776. The van der Waals surface area contributed by atoms with Gasteiger partial charge in [0.1, 0.15) is 0 Å². The van der Waals surface area contributed by atoms with Gasteiger partial charge >= 0.3 is 0 Å². The molecule has 0 bridgehead atoms. The summed E-state index contributed by atoms with van der Waals surface area (Å²) in [6.45, 7) is 3.13. The molecule has 3 rings (SSSR count). The van der Waals surface area contributed by atoms with Crippen molar-refractivity contribution in [3.63, 3.8) is 0 Å². The molecule has 2 fully saturated rings. The molecule has 76 valence electrons. The Morgan fingerprint density at radius 3 is 2.79 bits per heavy atom. The van der Waals surface area contributed by atoms with Gasteiger partial charge < -0.3 is 5.73 Å². The highest BCUT2D eigenvalue weighted by atomic mass is 15.3. The average molecular weight is 191 g/mol. The highest BCUT2D eigenvalue weighted by molar-refractivity contribution is 5.28. The zero-order valence-corrected chi connectivity index (χ0v) is 8.66. The molecule has 0 aromatic carbocycles. The molecule has 0 saturated heterocycles. The second-order valence-electron chi connectivity index (χ2n) is 4.70. The van der Waals surface area contributed by atoms with Crippen molar-refractivity contribution in [2.24, 2.45) is 5.73 Å². The molecule has 0 amide bonds. The van der Waals surface area contributed by atoms with Crippen molar-refractivity contribution in [2.45, 2.75) is 50.6 Å². The van der Waals surface area contributed by atoms with Crippen LogP contribution in [0.4, 0.5) is 0 Å². The number of aryl methyl sites for hydroxylation is 1. The fraction of sp³-hybridized carbons (Fsp3) is 0.727. The van der Waals surface area contributed by atoms with Gasteiger partial charge in [0, 0.05) is 18.2 Å². The van der Waals surface area contributed by atoms with Crippen molar-refractivity contribution in [1.29, 1.82) is 0 Å². The number of nitrogens with two attached hydrogens (primary N) is 1. The molecule has 1 aromatic heterocycles. The van der Waals surface area contributed by atoms with E-state index in [4.69, 9.17) is 5.73 Å². The first kappa shape index (κ1) is 8.48. The van der Waals surface area contributed by atoms with Gasteiger partial charge in [-0.15, -0.1) is 0 Å². The molecule has 1 aromatic rings. The van der Waals surface area contributed by atoms with Crippen LogP contribution in [-0.2, 0) is 12.1 Å². The van der Waals surface area contributed by atoms with E-state index >= 15 is 0 Å². The first-order chi connectivity index (χ1) is 6.73. The normalized spacial score (nSPS) is 23.9. The Balaban J connectivity index is 1.98. The third-order valence-electron chi connectivity index (χ3n) is 3.41. The predicted octanol–water partition coefficient (Wildman–Crippen LogP) is 1.73. The number of hydrogen-bond donors (Lipinski definition) is 1. The standard InChI is InChI=1S/C11H17N3/c1-2-14-9(8-3-4-8)7-10(13-14)11(12)5-6-11/h7-8H,2-6,12H2,1H3. The predicted molar refractivity (Wildman–Crippen MR) is 55.0 cm³/mol. The molecule has 0 unspecified atom stereocenters. The van der Waals surface area contributed by atoms with Crippen LogP contribution >= 0.6 is 0 Å². The Morgan fingerprint density at radius 1 is 1.57 bits per heavy atom. The second kappa shape index (κ2) is 2.60. The number of aromatic nitrogens is 2. The smallest absolute Gasteiger partial charge is 0.0826 e. The van der Waals surface area contributed by atoms with E-state index in [0.717, 1.165) is 31.0 Å². The van der Waals surface area contributed by atoms with E-state index in [0.29, 0.717) is 0 Å². The van der Waals surface area contributed by atoms with Crippen LogP contribution in [0.5, 0.6) is 0 Å². The van der Waals surface area contributed by atoms with E-state index in [9.17, 15) is 0 Å². The van der Waals surface area contributed by atoms with Crippen LogP contribution in [0.25, 0.3) is 0 Å². The fourth-order valence-electron chi connectivity index (χ4n) is 2.03. The van der Waals surface area contributed by atoms with Gasteiger partial charge in [0.15, 0.2) is 0 Å². The molecule has 2 saturated carbocycles. The van der Waals surface area contributed by atoms with Crippen LogP contribution in [0.15, 0.2) is 6.07 Å². The van der Waals surface area contributed by atoms with Gasteiger partial charge in [-0.2, -0.15) is 5.10 Å². The van der Waals surface area contributed by atoms with Crippen LogP contribution in [0.3, 0.4) is 0 Å². The highest BCUT2D eigenvalue weighted by Crippen LogP contribution is 2.45. The Hall–Kier alpha value is -0.830. The highest BCUT2D eigenvalue weighted by Gasteiger charge is 2.43. The van der Waals surface area contributed by atoms with E-state index in [1.165, 1.54) is 18.5 Å². The van der Waals surface area contributed by atoms with E-state index in [1.54, 1.807) is 0 Å². The minimum absolute atomic E-state index is 0.0654. The summed E-state index contributed by atoms with van der Waals surface area (Å²) in [5.41, 5.74) is 8.63. The second-order valence-corrected chi connectivity index (χ2v) is 4.70. The zero-order valence-electron chi connectivity index (χ0n) is 8.66. The van der Waals surface area contributed by atoms with Gasteiger partial charge in [-0.3, -0.25) is 4.68 Å². The Kier molecular flexibility index (Phi) is 1.57. The molecule has 0 aliphatic heterocycles. The van der Waals surface area contributed by atoms with Crippen LogP contribution in [0.2, 0.25) is 0 Å². The van der Waals surface area contributed by atoms with Gasteiger partial charge in [-0.05, 0) is 38.7 Å².